The van der Waals surface area contributed by atoms with E-state index < -0.39 is 20.0 Å². The molecule has 9 heteroatoms. The van der Waals surface area contributed by atoms with E-state index in [1.807, 2.05) is 27.2 Å². The van der Waals surface area contributed by atoms with Crippen LogP contribution in [0.5, 0.6) is 0 Å². The first-order valence-electron chi connectivity index (χ1n) is 36.4. The molecule has 0 aromatic heterocycles. The number of aliphatic hydroxyl groups is 1. The summed E-state index contributed by atoms with van der Waals surface area (Å²) in [6, 6.07) is -0.857. The Balaban J connectivity index is 4.10. The fourth-order valence-electron chi connectivity index (χ4n) is 10.3. The van der Waals surface area contributed by atoms with Crippen LogP contribution in [0, 0.1) is 0 Å². The van der Waals surface area contributed by atoms with E-state index in [0.29, 0.717) is 17.4 Å². The van der Waals surface area contributed by atoms with Gasteiger partial charge in [-0.05, 0) is 89.9 Å². The number of aliphatic hydroxyl groups excluding tert-OH is 1. The Bertz CT molecular complexity index is 1840. The van der Waals surface area contributed by atoms with Crippen LogP contribution in [0.3, 0.4) is 0 Å². The largest absolute Gasteiger partial charge is 0.472 e. The van der Waals surface area contributed by atoms with Gasteiger partial charge in [-0.15, -0.1) is 0 Å². The molecule has 0 aliphatic carbocycles. The second kappa shape index (κ2) is 67.3. The van der Waals surface area contributed by atoms with E-state index in [9.17, 15) is 19.4 Å². The fourth-order valence-corrected chi connectivity index (χ4v) is 11.1. The molecule has 0 rings (SSSR count). The minimum atomic E-state index is -4.36. The minimum Gasteiger partial charge on any atom is -0.387 e. The lowest BCUT2D eigenvalue weighted by Gasteiger charge is -2.25. The number of carbonyl (C=O) groups is 1. The molecular weight excluding hydrogens is 1090 g/mol. The Labute approximate surface area is 539 Å². The first-order valence-corrected chi connectivity index (χ1v) is 37.9. The molecule has 502 valence electrons. The highest BCUT2D eigenvalue weighted by Crippen LogP contribution is 2.43. The Kier molecular flexibility index (Phi) is 64.9. The van der Waals surface area contributed by atoms with Gasteiger partial charge in [0.1, 0.15) is 13.2 Å². The Morgan fingerprint density at radius 2 is 0.690 bits per heavy atom. The summed E-state index contributed by atoms with van der Waals surface area (Å²) in [5, 5.41) is 14.0. The van der Waals surface area contributed by atoms with Crippen LogP contribution in [0.15, 0.2) is 122 Å². The van der Waals surface area contributed by atoms with E-state index in [4.69, 9.17) is 9.05 Å². The van der Waals surface area contributed by atoms with Gasteiger partial charge in [-0.25, -0.2) is 4.57 Å². The molecule has 3 N–H and O–H groups in total. The third kappa shape index (κ3) is 70.2. The molecule has 8 nitrogen and oxygen atoms in total. The molecule has 0 saturated heterocycles. The molecule has 0 fully saturated rings. The topological polar surface area (TPSA) is 105 Å². The number of phosphoric acid groups is 1. The number of unbranched alkanes of at least 4 members (excludes halogenated alkanes) is 35. The van der Waals surface area contributed by atoms with Gasteiger partial charge in [0, 0.05) is 6.42 Å². The van der Waals surface area contributed by atoms with Crippen LogP contribution in [0.2, 0.25) is 0 Å². The summed E-state index contributed by atoms with van der Waals surface area (Å²) < 4.78 is 23.8. The zero-order chi connectivity index (χ0) is 63.4. The Hall–Kier alpha value is -3.10. The van der Waals surface area contributed by atoms with Gasteiger partial charge >= 0.3 is 7.82 Å². The van der Waals surface area contributed by atoms with Gasteiger partial charge in [-0.1, -0.05) is 341 Å². The molecule has 0 aromatic rings. The average Bonchev–Trinajstić information content (AvgIpc) is 3.69. The van der Waals surface area contributed by atoms with E-state index in [2.05, 4.69) is 129 Å². The van der Waals surface area contributed by atoms with E-state index in [1.165, 1.54) is 199 Å². The summed E-state index contributed by atoms with van der Waals surface area (Å²) in [5.74, 6) is -0.181. The maximum atomic E-state index is 13.1. The van der Waals surface area contributed by atoms with Crippen LogP contribution < -0.4 is 5.32 Å². The summed E-state index contributed by atoms with van der Waals surface area (Å²) in [4.78, 5) is 23.4. The smallest absolute Gasteiger partial charge is 0.387 e. The molecule has 1 amide bonds. The average molecular weight is 1230 g/mol. The van der Waals surface area contributed by atoms with Crippen LogP contribution in [0.4, 0.5) is 0 Å². The molecule has 0 aliphatic rings. The number of hydrogen-bond donors (Lipinski definition) is 3. The van der Waals surface area contributed by atoms with Gasteiger partial charge in [0.05, 0.1) is 39.9 Å². The quantitative estimate of drug-likeness (QED) is 0.0243. The van der Waals surface area contributed by atoms with E-state index in [0.717, 1.165) is 96.3 Å². The summed E-state index contributed by atoms with van der Waals surface area (Å²) in [6.45, 7) is 4.73. The monoisotopic (exact) mass is 1230 g/mol. The normalized spacial score (nSPS) is 14.3. The molecule has 0 radical (unpaired) electrons. The van der Waals surface area contributed by atoms with Crippen molar-refractivity contribution in [3.05, 3.63) is 122 Å². The predicted octanol–water partition coefficient (Wildman–Crippen LogP) is 23.6. The van der Waals surface area contributed by atoms with Gasteiger partial charge in [0.25, 0.3) is 0 Å². The highest BCUT2D eigenvalue weighted by atomic mass is 31.2. The molecule has 0 aromatic carbocycles. The third-order valence-corrected chi connectivity index (χ3v) is 16.9. The van der Waals surface area contributed by atoms with Crippen molar-refractivity contribution in [1.29, 1.82) is 0 Å². The highest BCUT2D eigenvalue weighted by molar-refractivity contribution is 7.47. The van der Waals surface area contributed by atoms with E-state index in [1.54, 1.807) is 6.08 Å². The summed E-state index contributed by atoms with van der Waals surface area (Å²) in [7, 11) is 1.57. The number of phosphoric ester groups is 1. The first-order chi connectivity index (χ1) is 42.5. The lowest BCUT2D eigenvalue weighted by atomic mass is 10.0. The number of hydrogen-bond acceptors (Lipinski definition) is 5. The molecular formula is C78H140N2O6P+. The molecule has 0 heterocycles. The van der Waals surface area contributed by atoms with Crippen molar-refractivity contribution in [3.8, 4) is 0 Å². The van der Waals surface area contributed by atoms with Crippen molar-refractivity contribution in [2.45, 2.75) is 328 Å². The second-order valence-electron chi connectivity index (χ2n) is 25.6. The highest BCUT2D eigenvalue weighted by Gasteiger charge is 2.28. The SMILES string of the molecule is CC/C=C\C/C=C\C/C=C\C/C=C\C/C=C\C/C=C\C/C=C\C/C=C\C/C=C\CCCCCCCCCCCCCC(=O)NC(COP(=O)(O)OCC[N+](C)(C)C)C(O)/C=C/CCCCCCCCCCCCCCCCCCCCCCCCCC. The standard InChI is InChI=1S/C78H139N2O6P/c1-6-8-10-12-14-16-18-20-22-24-26-28-30-32-34-35-36-37-38-39-40-41-42-43-44-45-46-48-50-52-54-56-58-60-62-64-66-68-70-72-78(82)79-76(75-86-87(83,84)85-74-73-80(3,4)5)77(81)71-69-67-65-63-61-59-57-55-53-51-49-47-33-31-29-27-25-23-21-19-17-15-13-11-9-7-2/h8,10,14,16,20,22,26,28,32,34,36-37,39-40,42-43,45-46,69,71,76-77,81H,6-7,9,11-13,15,17-19,21,23-25,27,29-31,33,35,38,41,44,47-68,70,72-75H2,1-5H3,(H-,79,82,83,84)/p+1/b10-8-,16-14-,22-20-,28-26-,34-32-,37-36-,40-39-,43-42-,46-45-,71-69+. The fraction of sp³-hybridized carbons (Fsp3) is 0.731. The number of rotatable bonds is 66. The number of allylic oxidation sites excluding steroid dienone is 19. The van der Waals surface area contributed by atoms with Crippen molar-refractivity contribution >= 4 is 13.7 Å². The molecule has 0 spiro atoms. The van der Waals surface area contributed by atoms with Gasteiger partial charge in [-0.3, -0.25) is 13.8 Å². The van der Waals surface area contributed by atoms with Crippen molar-refractivity contribution < 1.29 is 32.9 Å². The van der Waals surface area contributed by atoms with Crippen molar-refractivity contribution in [2.24, 2.45) is 0 Å². The zero-order valence-electron chi connectivity index (χ0n) is 57.5. The number of carbonyl (C=O) groups excluding carboxylic acids is 1. The second-order valence-corrected chi connectivity index (χ2v) is 27.0. The Morgan fingerprint density at radius 1 is 0.402 bits per heavy atom. The van der Waals surface area contributed by atoms with Crippen LogP contribution in [-0.2, 0) is 18.4 Å². The van der Waals surface area contributed by atoms with Crippen molar-refractivity contribution in [2.75, 3.05) is 40.9 Å². The van der Waals surface area contributed by atoms with Gasteiger partial charge in [-0.2, -0.15) is 0 Å². The summed E-state index contributed by atoms with van der Waals surface area (Å²) >= 11 is 0. The lowest BCUT2D eigenvalue weighted by Crippen LogP contribution is -2.45. The van der Waals surface area contributed by atoms with E-state index in [-0.39, 0.29) is 19.1 Å². The van der Waals surface area contributed by atoms with Crippen LogP contribution in [-0.4, -0.2) is 73.4 Å². The van der Waals surface area contributed by atoms with Crippen molar-refractivity contribution in [1.82, 2.24) is 5.32 Å². The van der Waals surface area contributed by atoms with E-state index >= 15 is 0 Å². The summed E-state index contributed by atoms with van der Waals surface area (Å²) in [6.07, 6.45) is 101. The molecule has 0 bridgehead atoms. The molecule has 0 aliphatic heterocycles. The van der Waals surface area contributed by atoms with Crippen LogP contribution in [0.25, 0.3) is 0 Å². The molecule has 3 unspecified atom stereocenters. The maximum Gasteiger partial charge on any atom is 0.472 e. The maximum absolute atomic E-state index is 13.1. The third-order valence-electron chi connectivity index (χ3n) is 15.9. The zero-order valence-corrected chi connectivity index (χ0v) is 58.4. The molecule has 3 atom stereocenters. The van der Waals surface area contributed by atoms with Gasteiger partial charge < -0.3 is 19.8 Å². The van der Waals surface area contributed by atoms with Crippen LogP contribution >= 0.6 is 7.82 Å². The number of likely N-dealkylation sites (N-methyl/N-ethyl adjacent to an activating group) is 1. The molecule has 0 saturated carbocycles. The van der Waals surface area contributed by atoms with Gasteiger partial charge in [0.15, 0.2) is 0 Å². The first kappa shape index (κ1) is 83.9. The van der Waals surface area contributed by atoms with Crippen molar-refractivity contribution in [3.63, 3.8) is 0 Å². The number of quaternary nitrogens is 1. The number of amides is 1. The number of nitrogens with one attached hydrogen (secondary N) is 1. The Morgan fingerprint density at radius 3 is 1.01 bits per heavy atom. The lowest BCUT2D eigenvalue weighted by molar-refractivity contribution is -0.870. The number of nitrogens with zero attached hydrogens (tertiary/aromatic N) is 1. The van der Waals surface area contributed by atoms with Gasteiger partial charge in [0.2, 0.25) is 5.91 Å². The summed E-state index contributed by atoms with van der Waals surface area (Å²) in [5.41, 5.74) is 0. The van der Waals surface area contributed by atoms with Crippen LogP contribution in [0.1, 0.15) is 316 Å². The minimum absolute atomic E-state index is 0.0567. The molecule has 87 heavy (non-hydrogen) atoms. The predicted molar refractivity (Wildman–Crippen MR) is 382 cm³/mol.